The van der Waals surface area contributed by atoms with E-state index in [2.05, 4.69) is 5.32 Å². The molecule has 0 aromatic heterocycles. The second-order valence-electron chi connectivity index (χ2n) is 6.12. The Morgan fingerprint density at radius 1 is 1.13 bits per heavy atom. The van der Waals surface area contributed by atoms with Gasteiger partial charge in [-0.05, 0) is 43.1 Å². The van der Waals surface area contributed by atoms with E-state index < -0.39 is 0 Å². The summed E-state index contributed by atoms with van der Waals surface area (Å²) in [6, 6.07) is 16.7. The molecular weight excluding hydrogens is 291 g/mol. The molecule has 1 atom stereocenters. The number of nitrogens with one attached hydrogen (secondary N) is 1. The van der Waals surface area contributed by atoms with Crippen LogP contribution in [0.1, 0.15) is 30.0 Å². The monoisotopic (exact) mass is 312 g/mol. The van der Waals surface area contributed by atoms with Gasteiger partial charge in [0.2, 0.25) is 5.91 Å². The summed E-state index contributed by atoms with van der Waals surface area (Å²) in [6.45, 7) is 0.313. The van der Waals surface area contributed by atoms with Gasteiger partial charge in [0, 0.05) is 6.04 Å². The van der Waals surface area contributed by atoms with Crippen LogP contribution in [0.25, 0.3) is 0 Å². The first-order valence-corrected chi connectivity index (χ1v) is 7.93. The molecule has 120 valence electrons. The van der Waals surface area contributed by atoms with Crippen LogP contribution in [-0.2, 0) is 4.79 Å². The molecule has 4 heteroatoms. The van der Waals surface area contributed by atoms with Crippen LogP contribution in [-0.4, -0.2) is 30.4 Å². The maximum Gasteiger partial charge on any atom is 0.234 e. The first-order valence-electron chi connectivity index (χ1n) is 7.93. The van der Waals surface area contributed by atoms with Crippen molar-refractivity contribution in [3.05, 3.63) is 71.5 Å². The first kappa shape index (κ1) is 15.7. The molecule has 0 radical (unpaired) electrons. The van der Waals surface area contributed by atoms with Gasteiger partial charge in [0.05, 0.1) is 12.6 Å². The molecule has 0 saturated heterocycles. The highest BCUT2D eigenvalue weighted by atomic mass is 19.1. The zero-order chi connectivity index (χ0) is 16.2. The molecule has 1 saturated carbocycles. The number of amides is 1. The van der Waals surface area contributed by atoms with Crippen molar-refractivity contribution in [1.82, 2.24) is 10.2 Å². The molecule has 0 bridgehead atoms. The minimum Gasteiger partial charge on any atom is -0.352 e. The van der Waals surface area contributed by atoms with Gasteiger partial charge in [-0.15, -0.1) is 0 Å². The molecule has 0 heterocycles. The number of rotatable bonds is 6. The number of benzene rings is 2. The molecule has 1 amide bonds. The summed E-state index contributed by atoms with van der Waals surface area (Å²) in [6.07, 6.45) is 2.16. The van der Waals surface area contributed by atoms with Crippen LogP contribution < -0.4 is 5.32 Å². The molecular formula is C19H21FN2O. The van der Waals surface area contributed by atoms with Crippen LogP contribution in [0.2, 0.25) is 0 Å². The second-order valence-corrected chi connectivity index (χ2v) is 6.12. The van der Waals surface area contributed by atoms with Crippen molar-refractivity contribution in [2.45, 2.75) is 24.9 Å². The quantitative estimate of drug-likeness (QED) is 0.889. The molecule has 23 heavy (non-hydrogen) atoms. The van der Waals surface area contributed by atoms with E-state index in [-0.39, 0.29) is 17.8 Å². The summed E-state index contributed by atoms with van der Waals surface area (Å²) in [5, 5.41) is 3.01. The Morgan fingerprint density at radius 2 is 1.74 bits per heavy atom. The van der Waals surface area contributed by atoms with Crippen molar-refractivity contribution in [3.63, 3.8) is 0 Å². The van der Waals surface area contributed by atoms with Crippen LogP contribution in [0.15, 0.2) is 54.6 Å². The van der Waals surface area contributed by atoms with Crippen molar-refractivity contribution in [3.8, 4) is 0 Å². The zero-order valence-corrected chi connectivity index (χ0v) is 13.2. The molecule has 0 spiro atoms. The summed E-state index contributed by atoms with van der Waals surface area (Å²) in [7, 11) is 1.92. The van der Waals surface area contributed by atoms with Gasteiger partial charge in [-0.25, -0.2) is 4.39 Å². The Morgan fingerprint density at radius 3 is 2.35 bits per heavy atom. The summed E-state index contributed by atoms with van der Waals surface area (Å²) >= 11 is 0. The van der Waals surface area contributed by atoms with E-state index in [9.17, 15) is 9.18 Å². The van der Waals surface area contributed by atoms with Crippen molar-refractivity contribution in [2.75, 3.05) is 13.6 Å². The van der Waals surface area contributed by atoms with E-state index in [0.29, 0.717) is 12.6 Å². The number of hydrogen-bond acceptors (Lipinski definition) is 2. The fraction of sp³-hybridized carbons (Fsp3) is 0.316. The summed E-state index contributed by atoms with van der Waals surface area (Å²) in [5.74, 6) is -0.215. The van der Waals surface area contributed by atoms with Crippen molar-refractivity contribution >= 4 is 5.91 Å². The van der Waals surface area contributed by atoms with Gasteiger partial charge >= 0.3 is 0 Å². The van der Waals surface area contributed by atoms with Crippen LogP contribution in [0, 0.1) is 5.82 Å². The maximum absolute atomic E-state index is 13.2. The molecule has 2 aromatic carbocycles. The van der Waals surface area contributed by atoms with Crippen LogP contribution in [0.3, 0.4) is 0 Å². The van der Waals surface area contributed by atoms with Gasteiger partial charge in [0.25, 0.3) is 0 Å². The van der Waals surface area contributed by atoms with Crippen molar-refractivity contribution in [1.29, 1.82) is 0 Å². The number of halogens is 1. The van der Waals surface area contributed by atoms with E-state index in [4.69, 9.17) is 0 Å². The van der Waals surface area contributed by atoms with Crippen LogP contribution in [0.5, 0.6) is 0 Å². The van der Waals surface area contributed by atoms with Gasteiger partial charge in [-0.2, -0.15) is 0 Å². The Hall–Kier alpha value is -2.20. The third-order valence-corrected chi connectivity index (χ3v) is 4.08. The van der Waals surface area contributed by atoms with Gasteiger partial charge in [-0.1, -0.05) is 42.5 Å². The van der Waals surface area contributed by atoms with Gasteiger partial charge in [-0.3, -0.25) is 9.69 Å². The Bertz CT molecular complexity index is 653. The lowest BCUT2D eigenvalue weighted by Gasteiger charge is -2.28. The van der Waals surface area contributed by atoms with E-state index in [0.717, 1.165) is 24.0 Å². The topological polar surface area (TPSA) is 32.3 Å². The van der Waals surface area contributed by atoms with Crippen molar-refractivity contribution in [2.24, 2.45) is 0 Å². The molecule has 1 fully saturated rings. The third kappa shape index (κ3) is 4.17. The number of hydrogen-bond donors (Lipinski definition) is 1. The molecule has 1 aliphatic rings. The molecule has 1 unspecified atom stereocenters. The lowest BCUT2D eigenvalue weighted by molar-refractivity contribution is -0.122. The summed E-state index contributed by atoms with van der Waals surface area (Å²) in [5.41, 5.74) is 2.06. The standard InChI is InChI=1S/C19H21FN2O/c1-22(13-18(23)21-17-11-12-17)19(14-5-3-2-4-6-14)15-7-9-16(20)10-8-15/h2-10,17,19H,11-13H2,1H3,(H,21,23). The highest BCUT2D eigenvalue weighted by Crippen LogP contribution is 2.27. The largest absolute Gasteiger partial charge is 0.352 e. The smallest absolute Gasteiger partial charge is 0.234 e. The number of carbonyl (C=O) groups excluding carboxylic acids is 1. The predicted octanol–water partition coefficient (Wildman–Crippen LogP) is 3.13. The third-order valence-electron chi connectivity index (χ3n) is 4.08. The average Bonchev–Trinajstić information content (AvgIpc) is 3.34. The lowest BCUT2D eigenvalue weighted by Crippen LogP contribution is -2.38. The number of likely N-dealkylation sites (N-methyl/N-ethyl adjacent to an activating group) is 1. The highest BCUT2D eigenvalue weighted by Gasteiger charge is 2.26. The molecule has 1 N–H and O–H groups in total. The second kappa shape index (κ2) is 6.92. The minimum absolute atomic E-state index is 0.0399. The first-order chi connectivity index (χ1) is 11.1. The fourth-order valence-electron chi connectivity index (χ4n) is 2.80. The van der Waals surface area contributed by atoms with E-state index in [1.54, 1.807) is 12.1 Å². The zero-order valence-electron chi connectivity index (χ0n) is 13.2. The summed E-state index contributed by atoms with van der Waals surface area (Å²) in [4.78, 5) is 14.1. The normalized spacial score (nSPS) is 15.4. The Labute approximate surface area is 136 Å². The van der Waals surface area contributed by atoms with Crippen LogP contribution >= 0.6 is 0 Å². The molecule has 1 aliphatic carbocycles. The fourth-order valence-corrected chi connectivity index (χ4v) is 2.80. The van der Waals surface area contributed by atoms with Gasteiger partial charge < -0.3 is 5.32 Å². The SMILES string of the molecule is CN(CC(=O)NC1CC1)C(c1ccccc1)c1ccc(F)cc1. The predicted molar refractivity (Wildman–Crippen MR) is 88.5 cm³/mol. The molecule has 0 aliphatic heterocycles. The minimum atomic E-state index is -0.255. The molecule has 3 rings (SSSR count). The van der Waals surface area contributed by atoms with E-state index in [1.807, 2.05) is 42.3 Å². The van der Waals surface area contributed by atoms with E-state index >= 15 is 0 Å². The van der Waals surface area contributed by atoms with Crippen molar-refractivity contribution < 1.29 is 9.18 Å². The maximum atomic E-state index is 13.2. The summed E-state index contributed by atoms with van der Waals surface area (Å²) < 4.78 is 13.2. The van der Waals surface area contributed by atoms with Gasteiger partial charge in [0.1, 0.15) is 5.82 Å². The lowest BCUT2D eigenvalue weighted by atomic mass is 9.97. The Kier molecular flexibility index (Phi) is 4.72. The average molecular weight is 312 g/mol. The Balaban J connectivity index is 1.81. The van der Waals surface area contributed by atoms with Crippen LogP contribution in [0.4, 0.5) is 4.39 Å². The number of nitrogens with zero attached hydrogens (tertiary/aromatic N) is 1. The highest BCUT2D eigenvalue weighted by molar-refractivity contribution is 5.78. The van der Waals surface area contributed by atoms with E-state index in [1.165, 1.54) is 12.1 Å². The molecule has 2 aromatic rings. The molecule has 3 nitrogen and oxygen atoms in total. The van der Waals surface area contributed by atoms with Gasteiger partial charge in [0.15, 0.2) is 0 Å². The number of carbonyl (C=O) groups is 1.